The lowest BCUT2D eigenvalue weighted by atomic mass is 10.0. The zero-order chi connectivity index (χ0) is 17.4. The number of benzene rings is 1. The minimum atomic E-state index is -0.384. The van der Waals surface area contributed by atoms with Gasteiger partial charge >= 0.3 is 0 Å². The molecule has 0 aliphatic rings. The molecule has 1 aromatic carbocycles. The van der Waals surface area contributed by atoms with Crippen molar-refractivity contribution in [3.8, 4) is 22.6 Å². The summed E-state index contributed by atoms with van der Waals surface area (Å²) in [5.74, 6) is -0.384. The fraction of sp³-hybridized carbons (Fsp3) is 0.0500. The summed E-state index contributed by atoms with van der Waals surface area (Å²) in [7, 11) is 0. The van der Waals surface area contributed by atoms with Gasteiger partial charge in [0.05, 0.1) is 27.6 Å². The third-order valence-electron chi connectivity index (χ3n) is 4.09. The highest BCUT2D eigenvalue weighted by molar-refractivity contribution is 6.36. The van der Waals surface area contributed by atoms with Crippen LogP contribution in [-0.2, 0) is 0 Å². The standard InChI is InChI=1S/C20H13ClFN3/c1-12-19(21)14-10-13(16-6-2-4-8-23-16)15(22)11-18(14)25-20(12)17-7-3-5-9-24-17/h2-11H,1H3. The van der Waals surface area contributed by atoms with E-state index >= 15 is 0 Å². The molecule has 0 N–H and O–H groups in total. The lowest BCUT2D eigenvalue weighted by Crippen LogP contribution is -1.96. The minimum absolute atomic E-state index is 0.384. The van der Waals surface area contributed by atoms with Crippen LogP contribution in [0.15, 0.2) is 60.9 Å². The molecule has 0 saturated carbocycles. The van der Waals surface area contributed by atoms with Crippen molar-refractivity contribution >= 4 is 22.5 Å². The molecule has 0 bridgehead atoms. The third kappa shape index (κ3) is 2.75. The SMILES string of the molecule is Cc1c(-c2ccccn2)nc2cc(F)c(-c3ccccn3)cc2c1Cl. The molecule has 0 aliphatic carbocycles. The van der Waals surface area contributed by atoms with E-state index in [9.17, 15) is 4.39 Å². The molecule has 5 heteroatoms. The van der Waals surface area contributed by atoms with E-state index in [0.29, 0.717) is 38.6 Å². The van der Waals surface area contributed by atoms with Crippen molar-refractivity contribution in [2.24, 2.45) is 0 Å². The van der Waals surface area contributed by atoms with Gasteiger partial charge in [-0.2, -0.15) is 0 Å². The topological polar surface area (TPSA) is 38.7 Å². The zero-order valence-electron chi connectivity index (χ0n) is 13.4. The lowest BCUT2D eigenvalue weighted by Gasteiger charge is -2.12. The molecule has 3 heterocycles. The smallest absolute Gasteiger partial charge is 0.134 e. The fourth-order valence-electron chi connectivity index (χ4n) is 2.81. The first-order valence-electron chi connectivity index (χ1n) is 7.77. The first-order valence-corrected chi connectivity index (χ1v) is 8.15. The molecule has 0 spiro atoms. The molecular weight excluding hydrogens is 337 g/mol. The van der Waals surface area contributed by atoms with E-state index in [1.54, 1.807) is 30.6 Å². The Hall–Kier alpha value is -2.85. The average molecular weight is 350 g/mol. The van der Waals surface area contributed by atoms with Gasteiger partial charge < -0.3 is 0 Å². The van der Waals surface area contributed by atoms with Crippen LogP contribution in [0.2, 0.25) is 5.02 Å². The Balaban J connectivity index is 1.98. The van der Waals surface area contributed by atoms with E-state index in [2.05, 4.69) is 15.0 Å². The zero-order valence-corrected chi connectivity index (χ0v) is 14.1. The van der Waals surface area contributed by atoms with Crippen LogP contribution in [0.3, 0.4) is 0 Å². The van der Waals surface area contributed by atoms with Crippen LogP contribution < -0.4 is 0 Å². The third-order valence-corrected chi connectivity index (χ3v) is 4.57. The first-order chi connectivity index (χ1) is 12.1. The number of rotatable bonds is 2. The van der Waals surface area contributed by atoms with Gasteiger partial charge in [-0.25, -0.2) is 9.37 Å². The van der Waals surface area contributed by atoms with Crippen molar-refractivity contribution < 1.29 is 4.39 Å². The predicted octanol–water partition coefficient (Wildman–Crippen LogP) is 5.46. The summed E-state index contributed by atoms with van der Waals surface area (Å²) in [6.07, 6.45) is 3.33. The van der Waals surface area contributed by atoms with E-state index in [-0.39, 0.29) is 5.82 Å². The molecule has 3 aromatic heterocycles. The summed E-state index contributed by atoms with van der Waals surface area (Å²) in [5, 5.41) is 1.24. The van der Waals surface area contributed by atoms with Crippen molar-refractivity contribution in [1.29, 1.82) is 0 Å². The molecule has 0 amide bonds. The van der Waals surface area contributed by atoms with E-state index in [1.165, 1.54) is 6.07 Å². The van der Waals surface area contributed by atoms with Crippen LogP contribution in [0.1, 0.15) is 5.56 Å². The monoisotopic (exact) mass is 349 g/mol. The second kappa shape index (κ2) is 6.22. The van der Waals surface area contributed by atoms with Crippen molar-refractivity contribution in [2.45, 2.75) is 6.92 Å². The predicted molar refractivity (Wildman–Crippen MR) is 97.9 cm³/mol. The molecule has 0 unspecified atom stereocenters. The summed E-state index contributed by atoms with van der Waals surface area (Å²) < 4.78 is 14.6. The highest BCUT2D eigenvalue weighted by Crippen LogP contribution is 2.35. The number of hydrogen-bond donors (Lipinski definition) is 0. The molecule has 4 rings (SSSR count). The van der Waals surface area contributed by atoms with Gasteiger partial charge in [-0.3, -0.25) is 9.97 Å². The van der Waals surface area contributed by atoms with Crippen molar-refractivity contribution in [3.63, 3.8) is 0 Å². The normalized spacial score (nSPS) is 11.0. The number of hydrogen-bond acceptors (Lipinski definition) is 3. The Morgan fingerprint density at radius 3 is 2.24 bits per heavy atom. The molecular formula is C20H13ClFN3. The molecule has 0 aliphatic heterocycles. The molecule has 25 heavy (non-hydrogen) atoms. The molecule has 122 valence electrons. The molecule has 0 fully saturated rings. The number of halogens is 2. The summed E-state index contributed by atoms with van der Waals surface area (Å²) in [5.41, 5.74) is 3.63. The number of aromatic nitrogens is 3. The van der Waals surface area contributed by atoms with Gasteiger partial charge in [0.2, 0.25) is 0 Å². The highest BCUT2D eigenvalue weighted by Gasteiger charge is 2.16. The Morgan fingerprint density at radius 1 is 0.920 bits per heavy atom. The van der Waals surface area contributed by atoms with Gasteiger partial charge in [0, 0.05) is 29.4 Å². The Labute approximate surface area is 149 Å². The molecule has 0 saturated heterocycles. The first kappa shape index (κ1) is 15.7. The molecule has 4 aromatic rings. The van der Waals surface area contributed by atoms with Gasteiger partial charge in [-0.1, -0.05) is 23.7 Å². The maximum Gasteiger partial charge on any atom is 0.134 e. The van der Waals surface area contributed by atoms with Crippen LogP contribution in [0.5, 0.6) is 0 Å². The number of pyridine rings is 3. The van der Waals surface area contributed by atoms with Gasteiger partial charge in [-0.15, -0.1) is 0 Å². The van der Waals surface area contributed by atoms with Crippen LogP contribution in [-0.4, -0.2) is 15.0 Å². The van der Waals surface area contributed by atoms with Gasteiger partial charge in [0.15, 0.2) is 0 Å². The van der Waals surface area contributed by atoms with Crippen molar-refractivity contribution in [2.75, 3.05) is 0 Å². The van der Waals surface area contributed by atoms with Crippen LogP contribution in [0.25, 0.3) is 33.5 Å². The summed E-state index contributed by atoms with van der Waals surface area (Å²) >= 11 is 6.58. The molecule has 0 radical (unpaired) electrons. The van der Waals surface area contributed by atoms with Crippen LogP contribution in [0, 0.1) is 12.7 Å². The van der Waals surface area contributed by atoms with E-state index in [4.69, 9.17) is 11.6 Å². The number of fused-ring (bicyclic) bond motifs is 1. The van der Waals surface area contributed by atoms with Crippen LogP contribution >= 0.6 is 11.6 Å². The van der Waals surface area contributed by atoms with Gasteiger partial charge in [0.25, 0.3) is 0 Å². The van der Waals surface area contributed by atoms with Crippen LogP contribution in [0.4, 0.5) is 4.39 Å². The average Bonchev–Trinajstić information content (AvgIpc) is 2.66. The Bertz CT molecular complexity index is 1070. The lowest BCUT2D eigenvalue weighted by molar-refractivity contribution is 0.632. The maximum absolute atomic E-state index is 14.6. The maximum atomic E-state index is 14.6. The highest BCUT2D eigenvalue weighted by atomic mass is 35.5. The van der Waals surface area contributed by atoms with E-state index < -0.39 is 0 Å². The van der Waals surface area contributed by atoms with Crippen molar-refractivity contribution in [3.05, 3.63) is 77.3 Å². The van der Waals surface area contributed by atoms with Gasteiger partial charge in [-0.05, 0) is 42.8 Å². The summed E-state index contributed by atoms with van der Waals surface area (Å²) in [6, 6.07) is 14.1. The Morgan fingerprint density at radius 2 is 1.60 bits per heavy atom. The summed E-state index contributed by atoms with van der Waals surface area (Å²) in [6.45, 7) is 1.89. The largest absolute Gasteiger partial charge is 0.256 e. The molecule has 0 atom stereocenters. The quantitative estimate of drug-likeness (QED) is 0.482. The van der Waals surface area contributed by atoms with E-state index in [1.807, 2.05) is 31.2 Å². The van der Waals surface area contributed by atoms with Crippen molar-refractivity contribution in [1.82, 2.24) is 15.0 Å². The summed E-state index contributed by atoms with van der Waals surface area (Å²) in [4.78, 5) is 13.1. The second-order valence-corrected chi connectivity index (χ2v) is 6.06. The minimum Gasteiger partial charge on any atom is -0.256 e. The second-order valence-electron chi connectivity index (χ2n) is 5.68. The Kier molecular flexibility index (Phi) is 3.90. The molecule has 3 nitrogen and oxygen atoms in total. The fourth-order valence-corrected chi connectivity index (χ4v) is 3.05. The van der Waals surface area contributed by atoms with E-state index in [0.717, 1.165) is 5.56 Å². The number of nitrogens with zero attached hydrogens (tertiary/aromatic N) is 3. The van der Waals surface area contributed by atoms with Gasteiger partial charge in [0.1, 0.15) is 5.82 Å².